The normalized spacial score (nSPS) is 15.6. The fraction of sp³-hybridized carbons (Fsp3) is 0.421. The highest BCUT2D eigenvalue weighted by Gasteiger charge is 2.24. The Bertz CT molecular complexity index is 799. The zero-order valence-corrected chi connectivity index (χ0v) is 15.4. The lowest BCUT2D eigenvalue weighted by atomic mass is 10.1. The van der Waals surface area contributed by atoms with Crippen LogP contribution in [0.3, 0.4) is 0 Å². The molecule has 1 aromatic carbocycles. The van der Waals surface area contributed by atoms with Gasteiger partial charge < -0.3 is 20.6 Å². The van der Waals surface area contributed by atoms with Gasteiger partial charge >= 0.3 is 6.03 Å². The van der Waals surface area contributed by atoms with Crippen molar-refractivity contribution in [2.24, 2.45) is 0 Å². The van der Waals surface area contributed by atoms with Crippen LogP contribution in [0.15, 0.2) is 30.5 Å². The van der Waals surface area contributed by atoms with Crippen LogP contribution in [0.5, 0.6) is 0 Å². The van der Waals surface area contributed by atoms with Crippen LogP contribution < -0.4 is 10.6 Å². The Morgan fingerprint density at radius 3 is 2.78 bits per heavy atom. The minimum absolute atomic E-state index is 0.0176. The molecule has 3 rings (SSSR count). The van der Waals surface area contributed by atoms with Gasteiger partial charge in [0.05, 0.1) is 24.9 Å². The number of anilines is 1. The fourth-order valence-electron chi connectivity index (χ4n) is 2.92. The largest absolute Gasteiger partial charge is 0.394 e. The number of aromatic nitrogens is 2. The summed E-state index contributed by atoms with van der Waals surface area (Å²) in [7, 11) is 0. The molecule has 2 amide bonds. The molecular formula is C19H24FN5O2. The molecule has 2 aromatic rings. The van der Waals surface area contributed by atoms with Crippen molar-refractivity contribution >= 4 is 12.0 Å². The van der Waals surface area contributed by atoms with Crippen LogP contribution in [0.2, 0.25) is 0 Å². The van der Waals surface area contributed by atoms with Crippen molar-refractivity contribution in [3.05, 3.63) is 53.1 Å². The fourth-order valence-corrected chi connectivity index (χ4v) is 2.92. The number of halogens is 1. The maximum Gasteiger partial charge on any atom is 0.318 e. The van der Waals surface area contributed by atoms with Crippen molar-refractivity contribution in [2.45, 2.75) is 38.9 Å². The standard InChI is InChI=1S/C19H24FN5O2/c1-12(11-26)22-18-21-9-15-7-8-25(10-17(15)24-18)19(27)23-13(2)14-3-5-16(20)6-4-14/h3-6,9,12-13,26H,7-8,10-11H2,1-2H3,(H,23,27)(H,21,22,24)/t12-,13+/m0/s1. The molecule has 3 N–H and O–H groups in total. The van der Waals surface area contributed by atoms with Crippen molar-refractivity contribution in [1.29, 1.82) is 0 Å². The molecule has 144 valence electrons. The highest BCUT2D eigenvalue weighted by Crippen LogP contribution is 2.19. The van der Waals surface area contributed by atoms with E-state index in [-0.39, 0.29) is 30.5 Å². The van der Waals surface area contributed by atoms with Gasteiger partial charge in [-0.25, -0.2) is 19.2 Å². The predicted molar refractivity (Wildman–Crippen MR) is 99.7 cm³/mol. The number of rotatable bonds is 5. The van der Waals surface area contributed by atoms with E-state index in [2.05, 4.69) is 20.6 Å². The molecule has 1 aliphatic rings. The van der Waals surface area contributed by atoms with Gasteiger partial charge in [-0.1, -0.05) is 12.1 Å². The van der Waals surface area contributed by atoms with E-state index in [4.69, 9.17) is 5.11 Å². The minimum Gasteiger partial charge on any atom is -0.394 e. The molecule has 27 heavy (non-hydrogen) atoms. The summed E-state index contributed by atoms with van der Waals surface area (Å²) in [6, 6.07) is 5.53. The molecule has 7 nitrogen and oxygen atoms in total. The lowest BCUT2D eigenvalue weighted by Crippen LogP contribution is -2.44. The van der Waals surface area contributed by atoms with Crippen LogP contribution in [0, 0.1) is 5.82 Å². The van der Waals surface area contributed by atoms with Crippen molar-refractivity contribution in [2.75, 3.05) is 18.5 Å². The van der Waals surface area contributed by atoms with E-state index in [0.29, 0.717) is 25.5 Å². The number of nitrogens with zero attached hydrogens (tertiary/aromatic N) is 3. The number of fused-ring (bicyclic) bond motifs is 1. The minimum atomic E-state index is -0.301. The molecule has 0 spiro atoms. The first-order chi connectivity index (χ1) is 13.0. The van der Waals surface area contributed by atoms with Crippen molar-refractivity contribution in [1.82, 2.24) is 20.2 Å². The summed E-state index contributed by atoms with van der Waals surface area (Å²) in [4.78, 5) is 23.1. The SMILES string of the molecule is C[C@@H](CO)Nc1ncc2c(n1)CN(C(=O)N[C@H](C)c1ccc(F)cc1)CC2. The molecule has 1 aromatic heterocycles. The molecule has 8 heteroatoms. The van der Waals surface area contributed by atoms with Crippen LogP contribution in [0.1, 0.15) is 36.7 Å². The highest BCUT2D eigenvalue weighted by molar-refractivity contribution is 5.75. The predicted octanol–water partition coefficient (Wildman–Crippen LogP) is 2.24. The number of nitrogens with one attached hydrogen (secondary N) is 2. The van der Waals surface area contributed by atoms with E-state index >= 15 is 0 Å². The Labute approximate surface area is 157 Å². The topological polar surface area (TPSA) is 90.4 Å². The average Bonchev–Trinajstić information content (AvgIpc) is 2.67. The smallest absolute Gasteiger partial charge is 0.318 e. The molecule has 2 heterocycles. The Balaban J connectivity index is 1.64. The van der Waals surface area contributed by atoms with Gasteiger partial charge in [-0.2, -0.15) is 0 Å². The maximum atomic E-state index is 13.1. The van der Waals surface area contributed by atoms with E-state index < -0.39 is 0 Å². The molecule has 0 saturated heterocycles. The summed E-state index contributed by atoms with van der Waals surface area (Å²) >= 11 is 0. The zero-order valence-electron chi connectivity index (χ0n) is 15.4. The van der Waals surface area contributed by atoms with Gasteiger partial charge in [0.15, 0.2) is 0 Å². The number of aliphatic hydroxyl groups excluding tert-OH is 1. The van der Waals surface area contributed by atoms with Crippen molar-refractivity contribution in [3.8, 4) is 0 Å². The summed E-state index contributed by atoms with van der Waals surface area (Å²) in [6.45, 7) is 4.65. The third-order valence-corrected chi connectivity index (χ3v) is 4.59. The molecule has 2 atom stereocenters. The summed E-state index contributed by atoms with van der Waals surface area (Å²) in [6.07, 6.45) is 2.45. The van der Waals surface area contributed by atoms with Gasteiger partial charge in [-0.15, -0.1) is 0 Å². The second kappa shape index (κ2) is 8.30. The number of carbonyl (C=O) groups excluding carboxylic acids is 1. The first-order valence-electron chi connectivity index (χ1n) is 8.99. The van der Waals surface area contributed by atoms with Gasteiger partial charge in [0.1, 0.15) is 5.82 Å². The Kier molecular flexibility index (Phi) is 5.85. The van der Waals surface area contributed by atoms with Crippen LogP contribution in [-0.4, -0.2) is 45.2 Å². The van der Waals surface area contributed by atoms with Crippen LogP contribution in [-0.2, 0) is 13.0 Å². The molecule has 0 unspecified atom stereocenters. The van der Waals surface area contributed by atoms with E-state index in [0.717, 1.165) is 16.8 Å². The van der Waals surface area contributed by atoms with E-state index in [9.17, 15) is 9.18 Å². The quantitative estimate of drug-likeness (QED) is 0.748. The number of carbonyl (C=O) groups is 1. The summed E-state index contributed by atoms with van der Waals surface area (Å²) in [5.41, 5.74) is 2.66. The van der Waals surface area contributed by atoms with Crippen molar-refractivity contribution in [3.63, 3.8) is 0 Å². The molecule has 0 bridgehead atoms. The molecule has 1 aliphatic heterocycles. The number of benzene rings is 1. The van der Waals surface area contributed by atoms with Gasteiger partial charge in [-0.05, 0) is 43.5 Å². The molecular weight excluding hydrogens is 349 g/mol. The second-order valence-electron chi connectivity index (χ2n) is 6.79. The first-order valence-corrected chi connectivity index (χ1v) is 8.99. The molecule has 0 aliphatic carbocycles. The van der Waals surface area contributed by atoms with E-state index in [1.54, 1.807) is 23.2 Å². The third kappa shape index (κ3) is 4.71. The molecule has 0 radical (unpaired) electrons. The van der Waals surface area contributed by atoms with Gasteiger partial charge in [0, 0.05) is 18.8 Å². The Morgan fingerprint density at radius 2 is 2.07 bits per heavy atom. The van der Waals surface area contributed by atoms with E-state index in [1.807, 2.05) is 13.8 Å². The monoisotopic (exact) mass is 373 g/mol. The van der Waals surface area contributed by atoms with Crippen LogP contribution in [0.4, 0.5) is 15.1 Å². The zero-order chi connectivity index (χ0) is 19.4. The summed E-state index contributed by atoms with van der Waals surface area (Å²) in [5, 5.41) is 15.1. The lowest BCUT2D eigenvalue weighted by molar-refractivity contribution is 0.188. The van der Waals surface area contributed by atoms with Crippen LogP contribution >= 0.6 is 0 Å². The average molecular weight is 373 g/mol. The third-order valence-electron chi connectivity index (χ3n) is 4.59. The summed E-state index contributed by atoms with van der Waals surface area (Å²) in [5.74, 6) is 0.141. The number of amides is 2. The summed E-state index contributed by atoms with van der Waals surface area (Å²) < 4.78 is 13.1. The number of hydrogen-bond acceptors (Lipinski definition) is 5. The number of aliphatic hydroxyl groups is 1. The number of hydrogen-bond donors (Lipinski definition) is 3. The highest BCUT2D eigenvalue weighted by atomic mass is 19.1. The maximum absolute atomic E-state index is 13.1. The Morgan fingerprint density at radius 1 is 1.33 bits per heavy atom. The van der Waals surface area contributed by atoms with Crippen molar-refractivity contribution < 1.29 is 14.3 Å². The van der Waals surface area contributed by atoms with Gasteiger partial charge in [0.25, 0.3) is 0 Å². The molecule has 0 saturated carbocycles. The lowest BCUT2D eigenvalue weighted by Gasteiger charge is -2.29. The van der Waals surface area contributed by atoms with Gasteiger partial charge in [0.2, 0.25) is 5.95 Å². The van der Waals surface area contributed by atoms with Crippen LogP contribution in [0.25, 0.3) is 0 Å². The molecule has 0 fully saturated rings. The Hall–Kier alpha value is -2.74. The van der Waals surface area contributed by atoms with E-state index in [1.165, 1.54) is 12.1 Å². The second-order valence-corrected chi connectivity index (χ2v) is 6.79. The number of urea groups is 1. The first kappa shape index (κ1) is 19.0. The van der Waals surface area contributed by atoms with Gasteiger partial charge in [-0.3, -0.25) is 0 Å².